The summed E-state index contributed by atoms with van der Waals surface area (Å²) >= 11 is 1.13. The van der Waals surface area contributed by atoms with Crippen molar-refractivity contribution in [3.05, 3.63) is 0 Å². The topological polar surface area (TPSA) is 81.2 Å². The summed E-state index contributed by atoms with van der Waals surface area (Å²) in [6.07, 6.45) is 4.26. The van der Waals surface area contributed by atoms with Crippen molar-refractivity contribution in [2.75, 3.05) is 0 Å². The highest BCUT2D eigenvalue weighted by atomic mass is 32.2. The first kappa shape index (κ1) is 10.2. The lowest BCUT2D eigenvalue weighted by molar-refractivity contribution is -0.777. The summed E-state index contributed by atoms with van der Waals surface area (Å²) in [5.41, 5.74) is 2.99. The number of rotatable bonds is 4. The second-order valence-corrected chi connectivity index (χ2v) is 3.91. The first-order chi connectivity index (χ1) is 5.86. The molecule has 0 aromatic heterocycles. The smallest absolute Gasteiger partial charge is 0.0554 e. The van der Waals surface area contributed by atoms with E-state index in [0.717, 1.165) is 37.7 Å². The molecule has 0 unspecified atom stereocenters. The van der Waals surface area contributed by atoms with E-state index in [-0.39, 0.29) is 0 Å². The maximum atomic E-state index is 9.53. The monoisotopic (exact) mass is 194 g/mol. The van der Waals surface area contributed by atoms with Crippen LogP contribution in [0, 0.1) is 0 Å². The maximum Gasteiger partial charge on any atom is 0.0554 e. The van der Waals surface area contributed by atoms with Gasteiger partial charge in [-0.05, 0) is 25.7 Å². The van der Waals surface area contributed by atoms with Gasteiger partial charge < -0.3 is 5.26 Å². The minimum Gasteiger partial charge on any atom is -0.691 e. The van der Waals surface area contributed by atoms with E-state index < -0.39 is 0 Å². The van der Waals surface area contributed by atoms with E-state index in [1.165, 1.54) is 0 Å². The van der Waals surface area contributed by atoms with Gasteiger partial charge in [0.1, 0.15) is 0 Å². The van der Waals surface area contributed by atoms with Crippen LogP contribution in [0.1, 0.15) is 25.7 Å². The Morgan fingerprint density at radius 3 is 2.50 bits per heavy atom. The van der Waals surface area contributed by atoms with Crippen LogP contribution in [-0.4, -0.2) is 11.3 Å². The predicted octanol–water partition coefficient (Wildman–Crippen LogP) is -1.08. The second kappa shape index (κ2) is 5.74. The Labute approximate surface area is 75.6 Å². The molecular formula is C6H14N2O3S. The Bertz CT molecular complexity index is 119. The molecular weight excluding hydrogens is 180 g/mol. The van der Waals surface area contributed by atoms with Gasteiger partial charge in [0.2, 0.25) is 0 Å². The van der Waals surface area contributed by atoms with E-state index in [9.17, 15) is 5.26 Å². The van der Waals surface area contributed by atoms with Crippen molar-refractivity contribution in [2.24, 2.45) is 0 Å². The lowest BCUT2D eigenvalue weighted by Gasteiger charge is -2.25. The molecule has 0 amide bonds. The van der Waals surface area contributed by atoms with Crippen LogP contribution in [0.4, 0.5) is 0 Å². The highest BCUT2D eigenvalue weighted by molar-refractivity contribution is 7.95. The molecule has 1 fully saturated rings. The Kier molecular flexibility index (Phi) is 4.89. The molecule has 0 spiro atoms. The van der Waals surface area contributed by atoms with E-state index in [0.29, 0.717) is 11.3 Å². The van der Waals surface area contributed by atoms with Gasteiger partial charge in [0, 0.05) is 17.3 Å². The molecule has 0 heterocycles. The van der Waals surface area contributed by atoms with Crippen molar-refractivity contribution in [3.63, 3.8) is 0 Å². The zero-order valence-electron chi connectivity index (χ0n) is 6.82. The van der Waals surface area contributed by atoms with Gasteiger partial charge in [0.05, 0.1) is 6.04 Å². The van der Waals surface area contributed by atoms with E-state index in [2.05, 4.69) is 20.6 Å². The maximum absolute atomic E-state index is 9.53. The molecule has 0 aliphatic heterocycles. The molecule has 5 nitrogen and oxygen atoms in total. The lowest BCUT2D eigenvalue weighted by atomic mass is 9.96. The van der Waals surface area contributed by atoms with Gasteiger partial charge in [-0.15, -0.1) is 0 Å². The molecule has 1 rings (SSSR count). The van der Waals surface area contributed by atoms with Gasteiger partial charge in [-0.1, -0.05) is 0 Å². The van der Waals surface area contributed by atoms with E-state index >= 15 is 0 Å². The standard InChI is InChI=1S/C6H14N2O3S/c7-8-5-1-3-6(4-2-5)12-11-10-9/h5-6,8-9H,1-4,7H2. The van der Waals surface area contributed by atoms with Crippen LogP contribution < -0.4 is 16.5 Å². The number of quaternary nitrogens is 1. The van der Waals surface area contributed by atoms with Crippen LogP contribution in [-0.2, 0) is 9.37 Å². The molecule has 1 aliphatic rings. The van der Waals surface area contributed by atoms with Gasteiger partial charge in [0.25, 0.3) is 0 Å². The zero-order chi connectivity index (χ0) is 8.81. The summed E-state index contributed by atoms with van der Waals surface area (Å²) in [4.78, 5) is 0. The molecule has 0 bridgehead atoms. The van der Waals surface area contributed by atoms with Crippen LogP contribution in [0.15, 0.2) is 0 Å². The molecule has 1 aliphatic carbocycles. The van der Waals surface area contributed by atoms with Crippen LogP contribution in [0.25, 0.3) is 0 Å². The Morgan fingerprint density at radius 2 is 2.00 bits per heavy atom. The average Bonchev–Trinajstić information content (AvgIpc) is 2.15. The molecule has 4 N–H and O–H groups in total. The van der Waals surface area contributed by atoms with Gasteiger partial charge in [-0.3, -0.25) is 10.9 Å². The SMILES string of the molecule is [NH3+]NC1CCC(SOO[O-])CC1. The number of hydrogen-bond acceptors (Lipinski definition) is 5. The second-order valence-electron chi connectivity index (χ2n) is 2.91. The van der Waals surface area contributed by atoms with Gasteiger partial charge in [-0.2, -0.15) is 9.76 Å². The largest absolute Gasteiger partial charge is 0.691 e. The fourth-order valence-corrected chi connectivity index (χ4v) is 2.04. The zero-order valence-corrected chi connectivity index (χ0v) is 7.64. The molecule has 0 aromatic carbocycles. The van der Waals surface area contributed by atoms with Crippen molar-refractivity contribution in [2.45, 2.75) is 37.0 Å². The molecule has 0 atom stereocenters. The Balaban J connectivity index is 2.09. The first-order valence-electron chi connectivity index (χ1n) is 4.01. The number of hydrogen-bond donors (Lipinski definition) is 2. The van der Waals surface area contributed by atoms with Crippen LogP contribution in [0.3, 0.4) is 0 Å². The van der Waals surface area contributed by atoms with Crippen molar-refractivity contribution >= 4 is 12.0 Å². The van der Waals surface area contributed by atoms with Crippen LogP contribution in [0.2, 0.25) is 0 Å². The molecule has 72 valence electrons. The third kappa shape index (κ3) is 3.26. The Hall–Kier alpha value is 0.150. The average molecular weight is 194 g/mol. The molecule has 6 heteroatoms. The molecule has 12 heavy (non-hydrogen) atoms. The third-order valence-electron chi connectivity index (χ3n) is 2.17. The summed E-state index contributed by atoms with van der Waals surface area (Å²) in [5.74, 6) is 3.63. The van der Waals surface area contributed by atoms with E-state index in [1.807, 2.05) is 0 Å². The van der Waals surface area contributed by atoms with Crippen LogP contribution >= 0.6 is 12.0 Å². The summed E-state index contributed by atoms with van der Waals surface area (Å²) in [6, 6.07) is 0.523. The van der Waals surface area contributed by atoms with Gasteiger partial charge in [-0.25, -0.2) is 0 Å². The van der Waals surface area contributed by atoms with Crippen molar-refractivity contribution in [1.82, 2.24) is 5.43 Å². The fourth-order valence-electron chi connectivity index (χ4n) is 1.43. The summed E-state index contributed by atoms with van der Waals surface area (Å²) in [5, 5.41) is 13.2. The molecule has 0 radical (unpaired) electrons. The highest BCUT2D eigenvalue weighted by Gasteiger charge is 2.22. The van der Waals surface area contributed by atoms with Crippen molar-refractivity contribution in [1.29, 1.82) is 0 Å². The van der Waals surface area contributed by atoms with Crippen molar-refractivity contribution < 1.29 is 20.5 Å². The highest BCUT2D eigenvalue weighted by Crippen LogP contribution is 2.28. The molecule has 0 saturated heterocycles. The van der Waals surface area contributed by atoms with Gasteiger partial charge >= 0.3 is 0 Å². The minimum atomic E-state index is 0.392. The third-order valence-corrected chi connectivity index (χ3v) is 3.04. The number of nitrogens with one attached hydrogen (secondary N) is 1. The van der Waals surface area contributed by atoms with E-state index in [4.69, 9.17) is 0 Å². The van der Waals surface area contributed by atoms with Gasteiger partial charge in [0.15, 0.2) is 0 Å². The minimum absolute atomic E-state index is 0.392. The molecule has 1 saturated carbocycles. The first-order valence-corrected chi connectivity index (χ1v) is 4.82. The van der Waals surface area contributed by atoms with E-state index in [1.54, 1.807) is 0 Å². The van der Waals surface area contributed by atoms with Crippen molar-refractivity contribution in [3.8, 4) is 0 Å². The normalized spacial score (nSPS) is 30.5. The Morgan fingerprint density at radius 1 is 1.33 bits per heavy atom. The fraction of sp³-hybridized carbons (Fsp3) is 1.00. The lowest BCUT2D eigenvalue weighted by Crippen LogP contribution is -2.69. The molecule has 0 aromatic rings. The quantitative estimate of drug-likeness (QED) is 0.338. The predicted molar refractivity (Wildman–Crippen MR) is 41.8 cm³/mol. The summed E-state index contributed by atoms with van der Waals surface area (Å²) in [7, 11) is 0. The summed E-state index contributed by atoms with van der Waals surface area (Å²) in [6.45, 7) is 0. The van der Waals surface area contributed by atoms with Crippen LogP contribution in [0.5, 0.6) is 0 Å². The summed E-state index contributed by atoms with van der Waals surface area (Å²) < 4.78 is 4.27.